The second-order valence-electron chi connectivity index (χ2n) is 12.9. The van der Waals surface area contributed by atoms with Crippen LogP contribution in [-0.4, -0.2) is 73.2 Å². The Labute approximate surface area is 296 Å². The van der Waals surface area contributed by atoms with Crippen molar-refractivity contribution in [2.45, 2.75) is 65.0 Å². The van der Waals surface area contributed by atoms with Gasteiger partial charge in [0.1, 0.15) is 0 Å². The maximum atomic E-state index is 12.4. The zero-order valence-corrected chi connectivity index (χ0v) is 29.8. The normalized spacial score (nSPS) is 14.9. The van der Waals surface area contributed by atoms with E-state index >= 15 is 0 Å². The highest BCUT2D eigenvalue weighted by Gasteiger charge is 2.36. The molecule has 1 aliphatic heterocycles. The van der Waals surface area contributed by atoms with E-state index in [2.05, 4.69) is 88.9 Å². The lowest BCUT2D eigenvalue weighted by atomic mass is 9.83. The van der Waals surface area contributed by atoms with E-state index in [0.717, 1.165) is 67.5 Å². The second kappa shape index (κ2) is 20.9. The summed E-state index contributed by atoms with van der Waals surface area (Å²) in [6.07, 6.45) is 5.67. The van der Waals surface area contributed by atoms with Gasteiger partial charge in [-0.05, 0) is 61.1 Å². The van der Waals surface area contributed by atoms with Crippen LogP contribution in [0.15, 0.2) is 72.8 Å². The van der Waals surface area contributed by atoms with E-state index in [-0.39, 0.29) is 29.1 Å². The summed E-state index contributed by atoms with van der Waals surface area (Å²) in [5, 5.41) is 7.87. The molecule has 0 bridgehead atoms. The molecule has 5 N–H and O–H groups in total. The first-order valence-electron chi connectivity index (χ1n) is 17.4. The summed E-state index contributed by atoms with van der Waals surface area (Å²) in [6, 6.07) is 24.7. The van der Waals surface area contributed by atoms with Crippen LogP contribution in [0.5, 0.6) is 5.88 Å². The zero-order chi connectivity index (χ0) is 34.7. The maximum Gasteiger partial charge on any atom is 0.229 e. The summed E-state index contributed by atoms with van der Waals surface area (Å²) < 4.78 is 11.8. The highest BCUT2D eigenvalue weighted by atomic mass is 32.1. The molecule has 266 valence electrons. The van der Waals surface area contributed by atoms with Crippen molar-refractivity contribution in [3.05, 3.63) is 72.8 Å². The van der Waals surface area contributed by atoms with Crippen LogP contribution in [0.2, 0.25) is 0 Å². The third-order valence-corrected chi connectivity index (χ3v) is 8.71. The molecule has 49 heavy (non-hydrogen) atoms. The van der Waals surface area contributed by atoms with Gasteiger partial charge in [0.05, 0.1) is 24.2 Å². The molecule has 1 aromatic heterocycles. The van der Waals surface area contributed by atoms with E-state index in [1.165, 1.54) is 0 Å². The summed E-state index contributed by atoms with van der Waals surface area (Å²) >= 11 is 3.92. The Kier molecular flexibility index (Phi) is 16.3. The molecule has 11 nitrogen and oxygen atoms in total. The summed E-state index contributed by atoms with van der Waals surface area (Å²) in [6.45, 7) is 8.16. The standard InChI is InChI=1S/C37H53N7O4S/c1-37(2,36-41-42-43-44(36)22-11-18-33(45)38-20-12-23-47-24-13-21-39-34(46)28-49)19-9-10-25-48-35-27-31(29-14-5-3-6-15-29)26-32(40-35)30-16-7-4-8-17-30/h3-8,14-17,26-27,36,41-43,49H,9-13,18-25,28H2,1-2H3,(H,38,45)(H,39,46). The summed E-state index contributed by atoms with van der Waals surface area (Å²) in [4.78, 5) is 28.3. The van der Waals surface area contributed by atoms with E-state index < -0.39 is 0 Å². The Morgan fingerprint density at radius 1 is 0.837 bits per heavy atom. The van der Waals surface area contributed by atoms with Crippen LogP contribution in [0.3, 0.4) is 0 Å². The second-order valence-corrected chi connectivity index (χ2v) is 13.2. The smallest absolute Gasteiger partial charge is 0.229 e. The van der Waals surface area contributed by atoms with Gasteiger partial charge in [0, 0.05) is 50.9 Å². The monoisotopic (exact) mass is 691 g/mol. The number of unbranched alkanes of at least 4 members (excludes halogenated alkanes) is 1. The predicted octanol–water partition coefficient (Wildman–Crippen LogP) is 4.89. The number of thiol groups is 1. The van der Waals surface area contributed by atoms with Gasteiger partial charge < -0.3 is 20.1 Å². The molecule has 2 amide bonds. The zero-order valence-electron chi connectivity index (χ0n) is 28.9. The Morgan fingerprint density at radius 3 is 2.20 bits per heavy atom. The van der Waals surface area contributed by atoms with Crippen molar-refractivity contribution >= 4 is 24.4 Å². The SMILES string of the molecule is CC(C)(CCCCOc1cc(-c2ccccc2)cc(-c2ccccc2)n1)C1NNNN1CCCC(=O)NCCCOCCCNC(=O)CS. The van der Waals surface area contributed by atoms with E-state index in [0.29, 0.717) is 45.2 Å². The number of ether oxygens (including phenoxy) is 2. The lowest BCUT2D eigenvalue weighted by molar-refractivity contribution is -0.121. The molecule has 1 fully saturated rings. The molecule has 4 rings (SSSR count). The number of aromatic nitrogens is 1. The largest absolute Gasteiger partial charge is 0.478 e. The first kappa shape index (κ1) is 38.3. The van der Waals surface area contributed by atoms with Crippen molar-refractivity contribution in [2.24, 2.45) is 5.41 Å². The van der Waals surface area contributed by atoms with Gasteiger partial charge in [-0.15, -0.1) is 0 Å². The summed E-state index contributed by atoms with van der Waals surface area (Å²) in [5.41, 5.74) is 13.7. The minimum absolute atomic E-state index is 0.0388. The van der Waals surface area contributed by atoms with Gasteiger partial charge in [0.15, 0.2) is 0 Å². The quantitative estimate of drug-likeness (QED) is 0.0645. The molecule has 2 heterocycles. The van der Waals surface area contributed by atoms with Crippen LogP contribution in [0.1, 0.15) is 58.8 Å². The molecule has 2 aromatic carbocycles. The average Bonchev–Trinajstić information content (AvgIpc) is 3.61. The van der Waals surface area contributed by atoms with Crippen LogP contribution in [0.25, 0.3) is 22.4 Å². The molecule has 0 radical (unpaired) electrons. The number of hydrogen-bond donors (Lipinski definition) is 6. The number of nitrogens with one attached hydrogen (secondary N) is 5. The van der Waals surface area contributed by atoms with Gasteiger partial charge in [0.25, 0.3) is 0 Å². The van der Waals surface area contributed by atoms with Gasteiger partial charge in [-0.25, -0.2) is 15.4 Å². The first-order chi connectivity index (χ1) is 23.9. The van der Waals surface area contributed by atoms with Crippen molar-refractivity contribution in [3.8, 4) is 28.3 Å². The minimum Gasteiger partial charge on any atom is -0.478 e. The number of amides is 2. The predicted molar refractivity (Wildman–Crippen MR) is 197 cm³/mol. The lowest BCUT2D eigenvalue weighted by Gasteiger charge is -2.36. The Hall–Kier alpha value is -3.52. The van der Waals surface area contributed by atoms with Gasteiger partial charge >= 0.3 is 0 Å². The highest BCUT2D eigenvalue weighted by molar-refractivity contribution is 7.81. The van der Waals surface area contributed by atoms with E-state index in [4.69, 9.17) is 14.5 Å². The third kappa shape index (κ3) is 13.4. The maximum absolute atomic E-state index is 12.4. The molecule has 1 saturated heterocycles. The molecule has 0 spiro atoms. The molecular weight excluding hydrogens is 639 g/mol. The van der Waals surface area contributed by atoms with E-state index in [1.807, 2.05) is 42.5 Å². The van der Waals surface area contributed by atoms with Gasteiger partial charge in [0.2, 0.25) is 17.7 Å². The number of pyridine rings is 1. The lowest BCUT2D eigenvalue weighted by Crippen LogP contribution is -2.49. The van der Waals surface area contributed by atoms with Crippen LogP contribution in [0.4, 0.5) is 0 Å². The molecule has 1 aliphatic rings. The van der Waals surface area contributed by atoms with Crippen LogP contribution < -0.4 is 31.9 Å². The molecule has 1 atom stereocenters. The van der Waals surface area contributed by atoms with Gasteiger partial charge in [-0.3, -0.25) is 9.59 Å². The molecule has 3 aromatic rings. The number of carbonyl (C=O) groups excluding carboxylic acids is 2. The summed E-state index contributed by atoms with van der Waals surface area (Å²) in [5.74, 6) is 0.802. The van der Waals surface area contributed by atoms with Crippen molar-refractivity contribution in [3.63, 3.8) is 0 Å². The van der Waals surface area contributed by atoms with Crippen molar-refractivity contribution in [2.75, 3.05) is 45.2 Å². The van der Waals surface area contributed by atoms with Crippen molar-refractivity contribution in [1.29, 1.82) is 0 Å². The van der Waals surface area contributed by atoms with Crippen LogP contribution >= 0.6 is 12.6 Å². The molecular formula is C37H53N7O4S. The number of rotatable bonds is 22. The highest BCUT2D eigenvalue weighted by Crippen LogP contribution is 2.31. The number of nitrogens with zero attached hydrogens (tertiary/aromatic N) is 2. The molecule has 0 saturated carbocycles. The third-order valence-electron chi connectivity index (χ3n) is 8.43. The fraction of sp³-hybridized carbons (Fsp3) is 0.486. The Balaban J connectivity index is 1.13. The molecule has 0 aliphatic carbocycles. The molecule has 12 heteroatoms. The average molecular weight is 692 g/mol. The summed E-state index contributed by atoms with van der Waals surface area (Å²) in [7, 11) is 0. The van der Waals surface area contributed by atoms with Gasteiger partial charge in [-0.1, -0.05) is 74.5 Å². The topological polar surface area (TPSA) is 129 Å². The number of carbonyl (C=O) groups is 2. The number of benzene rings is 2. The van der Waals surface area contributed by atoms with Crippen LogP contribution in [-0.2, 0) is 14.3 Å². The minimum atomic E-state index is -0.0754. The fourth-order valence-electron chi connectivity index (χ4n) is 5.71. The van der Waals surface area contributed by atoms with E-state index in [9.17, 15) is 9.59 Å². The fourth-order valence-corrected chi connectivity index (χ4v) is 5.82. The van der Waals surface area contributed by atoms with Crippen molar-refractivity contribution < 1.29 is 19.1 Å². The van der Waals surface area contributed by atoms with Crippen molar-refractivity contribution in [1.82, 2.24) is 37.1 Å². The Bertz CT molecular complexity index is 1360. The number of hydrogen-bond acceptors (Lipinski definition) is 10. The Morgan fingerprint density at radius 2 is 1.51 bits per heavy atom. The van der Waals surface area contributed by atoms with E-state index in [1.54, 1.807) is 0 Å². The molecule has 1 unspecified atom stereocenters. The van der Waals surface area contributed by atoms with Gasteiger partial charge in [-0.2, -0.15) is 23.7 Å². The van der Waals surface area contributed by atoms with Crippen LogP contribution in [0, 0.1) is 5.41 Å². The first-order valence-corrected chi connectivity index (χ1v) is 18.0. The number of hydrazine groups is 3.